The van der Waals surface area contributed by atoms with Crippen molar-refractivity contribution in [1.82, 2.24) is 9.29 Å². The monoisotopic (exact) mass is 283 g/mol. The Morgan fingerprint density at radius 2 is 2.00 bits per heavy atom. The van der Waals surface area contributed by atoms with Gasteiger partial charge in [-0.3, -0.25) is 4.98 Å². The average Bonchev–Trinajstić information content (AvgIpc) is 2.47. The molecule has 1 aromatic rings. The second-order valence-corrected chi connectivity index (χ2v) is 7.00. The highest BCUT2D eigenvalue weighted by molar-refractivity contribution is 7.89. The number of hydrogen-bond donors (Lipinski definition) is 1. The summed E-state index contributed by atoms with van der Waals surface area (Å²) in [5.74, 6) is 0. The highest BCUT2D eigenvalue weighted by Gasteiger charge is 2.29. The normalized spacial score (nSPS) is 17.8. The third-order valence-electron chi connectivity index (χ3n) is 3.77. The van der Waals surface area contributed by atoms with Gasteiger partial charge < -0.3 is 5.73 Å². The summed E-state index contributed by atoms with van der Waals surface area (Å²) in [5.41, 5.74) is 6.16. The van der Waals surface area contributed by atoms with Crippen molar-refractivity contribution in [2.45, 2.75) is 49.6 Å². The number of pyridine rings is 1. The van der Waals surface area contributed by atoms with Crippen molar-refractivity contribution in [2.24, 2.45) is 5.73 Å². The molecule has 1 aromatic heterocycles. The van der Waals surface area contributed by atoms with Gasteiger partial charge in [-0.1, -0.05) is 19.3 Å². The lowest BCUT2D eigenvalue weighted by Gasteiger charge is -2.30. The standard InChI is InChI=1S/C13H21N3O2S/c1-16(12-5-3-2-4-6-12)19(17,18)13-8-7-11(9-14)15-10-13/h7-8,10,12H,2-6,9,14H2,1H3. The van der Waals surface area contributed by atoms with Crippen LogP contribution in [0.15, 0.2) is 23.2 Å². The molecule has 5 nitrogen and oxygen atoms in total. The first kappa shape index (κ1) is 14.4. The Morgan fingerprint density at radius 1 is 1.32 bits per heavy atom. The van der Waals surface area contributed by atoms with Crippen LogP contribution in [0.2, 0.25) is 0 Å². The van der Waals surface area contributed by atoms with Gasteiger partial charge in [0.25, 0.3) is 0 Å². The Kier molecular flexibility index (Phi) is 4.54. The second-order valence-electron chi connectivity index (χ2n) is 5.00. The molecule has 1 fully saturated rings. The summed E-state index contributed by atoms with van der Waals surface area (Å²) in [5, 5.41) is 0. The SMILES string of the molecule is CN(C1CCCCC1)S(=O)(=O)c1ccc(CN)nc1. The molecule has 0 atom stereocenters. The Hall–Kier alpha value is -0.980. The summed E-state index contributed by atoms with van der Waals surface area (Å²) >= 11 is 0. The van der Waals surface area contributed by atoms with Crippen LogP contribution in [0.4, 0.5) is 0 Å². The molecule has 0 saturated heterocycles. The summed E-state index contributed by atoms with van der Waals surface area (Å²) in [6, 6.07) is 3.37. The van der Waals surface area contributed by atoms with Crippen LogP contribution in [-0.4, -0.2) is 30.8 Å². The number of nitrogens with zero attached hydrogens (tertiary/aromatic N) is 2. The molecule has 0 radical (unpaired) electrons. The Bertz CT molecular complexity index is 507. The van der Waals surface area contributed by atoms with Crippen molar-refractivity contribution < 1.29 is 8.42 Å². The van der Waals surface area contributed by atoms with E-state index in [0.29, 0.717) is 12.2 Å². The summed E-state index contributed by atoms with van der Waals surface area (Å²) in [4.78, 5) is 4.31. The molecule has 0 spiro atoms. The van der Waals surface area contributed by atoms with E-state index in [1.54, 1.807) is 19.2 Å². The van der Waals surface area contributed by atoms with E-state index in [4.69, 9.17) is 5.73 Å². The van der Waals surface area contributed by atoms with Gasteiger partial charge in [-0.2, -0.15) is 4.31 Å². The summed E-state index contributed by atoms with van der Waals surface area (Å²) < 4.78 is 26.5. The number of rotatable bonds is 4. The van der Waals surface area contributed by atoms with Crippen molar-refractivity contribution in [1.29, 1.82) is 0 Å². The first-order valence-corrected chi connectivity index (χ1v) is 8.12. The van der Waals surface area contributed by atoms with Gasteiger partial charge in [-0.15, -0.1) is 0 Å². The zero-order chi connectivity index (χ0) is 13.9. The van der Waals surface area contributed by atoms with Gasteiger partial charge in [-0.25, -0.2) is 8.42 Å². The molecule has 0 aromatic carbocycles. The predicted molar refractivity (Wildman–Crippen MR) is 74.0 cm³/mol. The highest BCUT2D eigenvalue weighted by atomic mass is 32.2. The van der Waals surface area contributed by atoms with Crippen LogP contribution in [0, 0.1) is 0 Å². The van der Waals surface area contributed by atoms with Crippen molar-refractivity contribution in [2.75, 3.05) is 7.05 Å². The quantitative estimate of drug-likeness (QED) is 0.908. The fourth-order valence-electron chi connectivity index (χ4n) is 2.49. The maximum atomic E-state index is 12.5. The van der Waals surface area contributed by atoms with E-state index < -0.39 is 10.0 Å². The highest BCUT2D eigenvalue weighted by Crippen LogP contribution is 2.26. The lowest BCUT2D eigenvalue weighted by molar-refractivity contribution is 0.286. The summed E-state index contributed by atoms with van der Waals surface area (Å²) in [7, 11) is -1.76. The van der Waals surface area contributed by atoms with Crippen molar-refractivity contribution in [3.63, 3.8) is 0 Å². The molecule has 6 heteroatoms. The Labute approximate surface area is 114 Å². The van der Waals surface area contributed by atoms with Crippen LogP contribution in [0.5, 0.6) is 0 Å². The van der Waals surface area contributed by atoms with Gasteiger partial charge >= 0.3 is 0 Å². The molecule has 1 aliphatic carbocycles. The minimum atomic E-state index is -3.43. The van der Waals surface area contributed by atoms with E-state index >= 15 is 0 Å². The van der Waals surface area contributed by atoms with Gasteiger partial charge in [-0.05, 0) is 25.0 Å². The lowest BCUT2D eigenvalue weighted by atomic mass is 9.96. The minimum absolute atomic E-state index is 0.118. The average molecular weight is 283 g/mol. The number of hydrogen-bond acceptors (Lipinski definition) is 4. The van der Waals surface area contributed by atoms with Gasteiger partial charge in [0.2, 0.25) is 10.0 Å². The van der Waals surface area contributed by atoms with E-state index in [2.05, 4.69) is 4.98 Å². The first-order chi connectivity index (χ1) is 9.05. The number of sulfonamides is 1. The van der Waals surface area contributed by atoms with Crippen molar-refractivity contribution in [3.05, 3.63) is 24.0 Å². The number of aromatic nitrogens is 1. The molecule has 2 N–H and O–H groups in total. The van der Waals surface area contributed by atoms with Crippen molar-refractivity contribution >= 4 is 10.0 Å². The zero-order valence-corrected chi connectivity index (χ0v) is 12.1. The Balaban J connectivity index is 2.19. The molecule has 0 aliphatic heterocycles. The van der Waals surface area contributed by atoms with Gasteiger partial charge in [0, 0.05) is 25.8 Å². The topological polar surface area (TPSA) is 76.3 Å². The van der Waals surface area contributed by atoms with Gasteiger partial charge in [0.15, 0.2) is 0 Å². The molecule has 0 bridgehead atoms. The molecule has 1 saturated carbocycles. The van der Waals surface area contributed by atoms with E-state index in [0.717, 1.165) is 25.7 Å². The van der Waals surface area contributed by atoms with E-state index in [-0.39, 0.29) is 10.9 Å². The molecule has 2 rings (SSSR count). The lowest BCUT2D eigenvalue weighted by Crippen LogP contribution is -2.38. The maximum absolute atomic E-state index is 12.5. The molecule has 0 unspecified atom stereocenters. The van der Waals surface area contributed by atoms with E-state index in [1.807, 2.05) is 0 Å². The zero-order valence-electron chi connectivity index (χ0n) is 11.2. The molecule has 0 amide bonds. The fraction of sp³-hybridized carbons (Fsp3) is 0.615. The molecule has 1 aliphatic rings. The summed E-state index contributed by atoms with van der Waals surface area (Å²) in [6.07, 6.45) is 6.71. The summed E-state index contributed by atoms with van der Waals surface area (Å²) in [6.45, 7) is 0.318. The predicted octanol–water partition coefficient (Wildman–Crippen LogP) is 1.49. The smallest absolute Gasteiger partial charge is 0.244 e. The third-order valence-corrected chi connectivity index (χ3v) is 5.67. The van der Waals surface area contributed by atoms with Crippen LogP contribution in [0.1, 0.15) is 37.8 Å². The fourth-order valence-corrected chi connectivity index (χ4v) is 3.85. The van der Waals surface area contributed by atoms with Crippen LogP contribution in [0.3, 0.4) is 0 Å². The van der Waals surface area contributed by atoms with Gasteiger partial charge in [0.1, 0.15) is 4.90 Å². The molecule has 106 valence electrons. The Morgan fingerprint density at radius 3 is 2.53 bits per heavy atom. The van der Waals surface area contributed by atoms with E-state index in [1.165, 1.54) is 16.9 Å². The second kappa shape index (κ2) is 5.98. The van der Waals surface area contributed by atoms with Crippen LogP contribution in [0.25, 0.3) is 0 Å². The number of nitrogens with two attached hydrogens (primary N) is 1. The maximum Gasteiger partial charge on any atom is 0.244 e. The van der Waals surface area contributed by atoms with Crippen LogP contribution < -0.4 is 5.73 Å². The largest absolute Gasteiger partial charge is 0.325 e. The molecular weight excluding hydrogens is 262 g/mol. The van der Waals surface area contributed by atoms with Crippen LogP contribution >= 0.6 is 0 Å². The first-order valence-electron chi connectivity index (χ1n) is 6.68. The minimum Gasteiger partial charge on any atom is -0.325 e. The van der Waals surface area contributed by atoms with E-state index in [9.17, 15) is 8.42 Å². The molecule has 19 heavy (non-hydrogen) atoms. The molecular formula is C13H21N3O2S. The van der Waals surface area contributed by atoms with Crippen LogP contribution in [-0.2, 0) is 16.6 Å². The third kappa shape index (κ3) is 3.13. The molecule has 1 heterocycles. The van der Waals surface area contributed by atoms with Crippen molar-refractivity contribution in [3.8, 4) is 0 Å². The van der Waals surface area contributed by atoms with Gasteiger partial charge in [0.05, 0.1) is 5.69 Å².